The molecule has 0 saturated heterocycles. The van der Waals surface area contributed by atoms with Gasteiger partial charge in [0.2, 0.25) is 0 Å². The lowest BCUT2D eigenvalue weighted by molar-refractivity contribution is 0.615. The number of aromatic nitrogens is 2. The van der Waals surface area contributed by atoms with E-state index >= 15 is 0 Å². The Morgan fingerprint density at radius 2 is 2.06 bits per heavy atom. The molecule has 1 heterocycles. The summed E-state index contributed by atoms with van der Waals surface area (Å²) in [6, 6.07) is 3.01. The van der Waals surface area contributed by atoms with Gasteiger partial charge < -0.3 is 9.88 Å². The van der Waals surface area contributed by atoms with Crippen molar-refractivity contribution in [3.8, 4) is 0 Å². The summed E-state index contributed by atoms with van der Waals surface area (Å²) in [5, 5.41) is 0.407. The molecule has 0 aliphatic rings. The Balaban J connectivity index is 2.72. The van der Waals surface area contributed by atoms with Gasteiger partial charge in [-0.05, 0) is 26.8 Å². The zero-order valence-corrected chi connectivity index (χ0v) is 10.9. The van der Waals surface area contributed by atoms with Crippen LogP contribution in [0.3, 0.4) is 0 Å². The molecule has 5 heteroatoms. The van der Waals surface area contributed by atoms with E-state index in [1.54, 1.807) is 24.9 Å². The van der Waals surface area contributed by atoms with E-state index < -0.39 is 0 Å². The average molecular weight is 249 g/mol. The maximum Gasteiger partial charge on any atom is 0.258 e. The first-order valence-electron chi connectivity index (χ1n) is 5.83. The molecule has 0 unspecified atom stereocenters. The monoisotopic (exact) mass is 249 g/mol. The first-order valence-corrected chi connectivity index (χ1v) is 5.83. The first kappa shape index (κ1) is 12.5. The van der Waals surface area contributed by atoms with Crippen LogP contribution in [0.15, 0.2) is 16.9 Å². The Morgan fingerprint density at radius 3 is 2.67 bits per heavy atom. The Hall–Kier alpha value is -1.91. The Bertz CT molecular complexity index is 648. The highest BCUT2D eigenvalue weighted by Crippen LogP contribution is 2.23. The van der Waals surface area contributed by atoms with Crippen LogP contribution in [-0.2, 0) is 0 Å². The van der Waals surface area contributed by atoms with Crippen molar-refractivity contribution >= 4 is 16.6 Å². The average Bonchev–Trinajstić information content (AvgIpc) is 2.26. The molecule has 1 aromatic carbocycles. The molecule has 0 aliphatic heterocycles. The zero-order valence-electron chi connectivity index (χ0n) is 10.9. The van der Waals surface area contributed by atoms with Crippen LogP contribution in [0.1, 0.15) is 19.7 Å². The SMILES string of the molecule is Cc1nc2cc(F)c(N(C)C(C)C)cc2c(=O)[nH]1. The molecular weight excluding hydrogens is 233 g/mol. The van der Waals surface area contributed by atoms with Gasteiger partial charge in [-0.25, -0.2) is 9.37 Å². The lowest BCUT2D eigenvalue weighted by Gasteiger charge is -2.24. The van der Waals surface area contributed by atoms with Crippen molar-refractivity contribution in [2.24, 2.45) is 0 Å². The summed E-state index contributed by atoms with van der Waals surface area (Å²) < 4.78 is 14.0. The van der Waals surface area contributed by atoms with Gasteiger partial charge in [-0.15, -0.1) is 0 Å². The van der Waals surface area contributed by atoms with Crippen LogP contribution < -0.4 is 10.5 Å². The molecule has 18 heavy (non-hydrogen) atoms. The Kier molecular flexibility index (Phi) is 3.07. The summed E-state index contributed by atoms with van der Waals surface area (Å²) in [7, 11) is 1.80. The van der Waals surface area contributed by atoms with Crippen LogP contribution in [-0.4, -0.2) is 23.1 Å². The number of fused-ring (bicyclic) bond motifs is 1. The standard InChI is InChI=1S/C13H16FN3O/c1-7(2)17(4)12-5-9-11(6-10(12)14)15-8(3)16-13(9)18/h5-7H,1-4H3,(H,15,16,18). The number of aromatic amines is 1. The highest BCUT2D eigenvalue weighted by Gasteiger charge is 2.14. The zero-order chi connectivity index (χ0) is 13.4. The van der Waals surface area contributed by atoms with E-state index in [9.17, 15) is 9.18 Å². The van der Waals surface area contributed by atoms with Crippen molar-refractivity contribution in [3.63, 3.8) is 0 Å². The molecule has 0 amide bonds. The number of rotatable bonds is 2. The summed E-state index contributed by atoms with van der Waals surface area (Å²) in [5.41, 5.74) is 0.555. The summed E-state index contributed by atoms with van der Waals surface area (Å²) in [4.78, 5) is 20.4. The van der Waals surface area contributed by atoms with Crippen LogP contribution in [0.5, 0.6) is 0 Å². The van der Waals surface area contributed by atoms with E-state index in [0.29, 0.717) is 22.4 Å². The van der Waals surface area contributed by atoms with Gasteiger partial charge in [0.05, 0.1) is 16.6 Å². The molecule has 1 aromatic heterocycles. The number of anilines is 1. The lowest BCUT2D eigenvalue weighted by atomic mass is 10.2. The smallest absolute Gasteiger partial charge is 0.258 e. The van der Waals surface area contributed by atoms with Gasteiger partial charge in [0.15, 0.2) is 0 Å². The van der Waals surface area contributed by atoms with E-state index in [-0.39, 0.29) is 17.4 Å². The van der Waals surface area contributed by atoms with Crippen LogP contribution in [0.2, 0.25) is 0 Å². The van der Waals surface area contributed by atoms with Crippen LogP contribution in [0.4, 0.5) is 10.1 Å². The molecule has 0 atom stereocenters. The number of nitrogens with one attached hydrogen (secondary N) is 1. The van der Waals surface area contributed by atoms with Gasteiger partial charge in [0, 0.05) is 19.2 Å². The molecule has 0 saturated carbocycles. The molecule has 0 aliphatic carbocycles. The minimum atomic E-state index is -0.365. The van der Waals surface area contributed by atoms with E-state index in [1.165, 1.54) is 6.07 Å². The molecule has 0 radical (unpaired) electrons. The van der Waals surface area contributed by atoms with Gasteiger partial charge in [-0.3, -0.25) is 4.79 Å². The van der Waals surface area contributed by atoms with Crippen molar-refractivity contribution < 1.29 is 4.39 Å². The quantitative estimate of drug-likeness (QED) is 0.887. The molecule has 0 spiro atoms. The first-order chi connectivity index (χ1) is 8.40. The fraction of sp³-hybridized carbons (Fsp3) is 0.385. The highest BCUT2D eigenvalue weighted by atomic mass is 19.1. The van der Waals surface area contributed by atoms with Gasteiger partial charge >= 0.3 is 0 Å². The minimum absolute atomic E-state index is 0.148. The maximum absolute atomic E-state index is 14.0. The molecule has 1 N–H and O–H groups in total. The predicted molar refractivity (Wildman–Crippen MR) is 70.6 cm³/mol. The van der Waals surface area contributed by atoms with Gasteiger partial charge in [0.1, 0.15) is 11.6 Å². The number of hydrogen-bond acceptors (Lipinski definition) is 3. The molecule has 2 rings (SSSR count). The number of halogens is 1. The second kappa shape index (κ2) is 4.40. The van der Waals surface area contributed by atoms with Gasteiger partial charge in [-0.1, -0.05) is 0 Å². The fourth-order valence-corrected chi connectivity index (χ4v) is 1.81. The van der Waals surface area contributed by atoms with Crippen molar-refractivity contribution in [2.75, 3.05) is 11.9 Å². The number of benzene rings is 1. The van der Waals surface area contributed by atoms with Crippen LogP contribution in [0, 0.1) is 12.7 Å². The number of nitrogens with zero attached hydrogens (tertiary/aromatic N) is 2. The second-order valence-electron chi connectivity index (χ2n) is 4.68. The topological polar surface area (TPSA) is 49.0 Å². The summed E-state index contributed by atoms with van der Waals surface area (Å²) >= 11 is 0. The minimum Gasteiger partial charge on any atom is -0.370 e. The maximum atomic E-state index is 14.0. The molecule has 96 valence electrons. The number of H-pyrrole nitrogens is 1. The second-order valence-corrected chi connectivity index (χ2v) is 4.68. The van der Waals surface area contributed by atoms with E-state index in [1.807, 2.05) is 13.8 Å². The largest absolute Gasteiger partial charge is 0.370 e. The molecular formula is C13H16FN3O. The van der Waals surface area contributed by atoms with Crippen molar-refractivity contribution in [3.05, 3.63) is 34.1 Å². The molecule has 4 nitrogen and oxygen atoms in total. The third kappa shape index (κ3) is 2.08. The van der Waals surface area contributed by atoms with Gasteiger partial charge in [-0.2, -0.15) is 0 Å². The summed E-state index contributed by atoms with van der Waals surface area (Å²) in [6.45, 7) is 5.59. The summed E-state index contributed by atoms with van der Waals surface area (Å²) in [6.07, 6.45) is 0. The van der Waals surface area contributed by atoms with Crippen LogP contribution >= 0.6 is 0 Å². The van der Waals surface area contributed by atoms with Crippen LogP contribution in [0.25, 0.3) is 10.9 Å². The molecule has 0 fully saturated rings. The third-order valence-corrected chi connectivity index (χ3v) is 3.05. The van der Waals surface area contributed by atoms with Crippen molar-refractivity contribution in [2.45, 2.75) is 26.8 Å². The summed E-state index contributed by atoms with van der Waals surface area (Å²) in [5.74, 6) is 0.119. The van der Waals surface area contributed by atoms with E-state index in [4.69, 9.17) is 0 Å². The number of aryl methyl sites for hydroxylation is 1. The van der Waals surface area contributed by atoms with Gasteiger partial charge in [0.25, 0.3) is 5.56 Å². The third-order valence-electron chi connectivity index (χ3n) is 3.05. The number of hydrogen-bond donors (Lipinski definition) is 1. The van der Waals surface area contributed by atoms with Crippen molar-refractivity contribution in [1.82, 2.24) is 9.97 Å². The van der Waals surface area contributed by atoms with E-state index in [2.05, 4.69) is 9.97 Å². The lowest BCUT2D eigenvalue weighted by Crippen LogP contribution is -2.26. The fourth-order valence-electron chi connectivity index (χ4n) is 1.81. The predicted octanol–water partition coefficient (Wildman–Crippen LogP) is 2.22. The Labute approximate surface area is 104 Å². The normalized spacial score (nSPS) is 11.2. The van der Waals surface area contributed by atoms with Crippen molar-refractivity contribution in [1.29, 1.82) is 0 Å². The Morgan fingerprint density at radius 1 is 1.39 bits per heavy atom. The molecule has 2 aromatic rings. The molecule has 0 bridgehead atoms. The highest BCUT2D eigenvalue weighted by molar-refractivity contribution is 5.82. The van der Waals surface area contributed by atoms with E-state index in [0.717, 1.165) is 0 Å².